The highest BCUT2D eigenvalue weighted by Gasteiger charge is 2.46. The van der Waals surface area contributed by atoms with Crippen LogP contribution < -0.4 is 5.32 Å². The first-order valence-corrected chi connectivity index (χ1v) is 10.0. The number of hydrogen-bond donors (Lipinski definition) is 1. The lowest BCUT2D eigenvalue weighted by atomic mass is 9.95. The standard InChI is InChI=1S/C21H19ClN6O/c1-12-3-2-4-20(25-12)28-19-9-16(22)15(7-13(19)10-24-28)21(29)26-17-8-14-5-6-18(17)27(14)11-23/h2-4,7,9-10,14,17-18H,5-6,8H2,1H3,(H,26,29)/t14-,17+,18+/m0/s1. The first kappa shape index (κ1) is 18.0. The van der Waals surface area contributed by atoms with E-state index >= 15 is 0 Å². The Morgan fingerprint density at radius 2 is 2.21 bits per heavy atom. The van der Waals surface area contributed by atoms with Crippen LogP contribution in [0.2, 0.25) is 5.02 Å². The van der Waals surface area contributed by atoms with Gasteiger partial charge in [-0.3, -0.25) is 4.79 Å². The minimum absolute atomic E-state index is 0.0214. The topological polar surface area (TPSA) is 86.8 Å². The van der Waals surface area contributed by atoms with E-state index in [0.717, 1.165) is 35.9 Å². The van der Waals surface area contributed by atoms with Gasteiger partial charge in [-0.2, -0.15) is 10.4 Å². The second-order valence-corrected chi connectivity index (χ2v) is 8.11. The lowest BCUT2D eigenvalue weighted by Crippen LogP contribution is -2.43. The van der Waals surface area contributed by atoms with Crippen molar-refractivity contribution in [1.29, 1.82) is 5.26 Å². The van der Waals surface area contributed by atoms with Crippen LogP contribution in [0.4, 0.5) is 0 Å². The van der Waals surface area contributed by atoms with Gasteiger partial charge >= 0.3 is 0 Å². The molecule has 2 saturated heterocycles. The number of rotatable bonds is 3. The Balaban J connectivity index is 1.43. The molecule has 0 unspecified atom stereocenters. The fraction of sp³-hybridized carbons (Fsp3) is 0.333. The molecule has 3 atom stereocenters. The lowest BCUT2D eigenvalue weighted by molar-refractivity contribution is 0.0928. The van der Waals surface area contributed by atoms with Gasteiger partial charge in [0.05, 0.1) is 34.4 Å². The number of carbonyl (C=O) groups excluding carboxylic acids is 1. The summed E-state index contributed by atoms with van der Waals surface area (Å²) in [6.07, 6.45) is 6.74. The van der Waals surface area contributed by atoms with Crippen molar-refractivity contribution in [2.45, 2.75) is 44.3 Å². The largest absolute Gasteiger partial charge is 0.347 e. The van der Waals surface area contributed by atoms with E-state index in [-0.39, 0.29) is 24.0 Å². The van der Waals surface area contributed by atoms with Crippen molar-refractivity contribution in [3.63, 3.8) is 0 Å². The number of fused-ring (bicyclic) bond motifs is 3. The van der Waals surface area contributed by atoms with E-state index in [1.807, 2.05) is 30.0 Å². The van der Waals surface area contributed by atoms with Gasteiger partial charge in [0.25, 0.3) is 5.91 Å². The molecule has 0 spiro atoms. The zero-order valence-corrected chi connectivity index (χ0v) is 16.6. The molecule has 0 radical (unpaired) electrons. The summed E-state index contributed by atoms with van der Waals surface area (Å²) < 4.78 is 1.72. The Labute approximate surface area is 172 Å². The van der Waals surface area contributed by atoms with Crippen molar-refractivity contribution < 1.29 is 4.79 Å². The molecule has 8 heteroatoms. The third-order valence-electron chi connectivity index (χ3n) is 5.96. The number of benzene rings is 1. The quantitative estimate of drug-likeness (QED) is 0.675. The number of hydrogen-bond acceptors (Lipinski definition) is 5. The maximum absolute atomic E-state index is 12.9. The van der Waals surface area contributed by atoms with Crippen LogP contribution in [0.5, 0.6) is 0 Å². The molecule has 4 heterocycles. The van der Waals surface area contributed by atoms with Crippen LogP contribution in [0.15, 0.2) is 36.5 Å². The molecule has 5 rings (SSSR count). The van der Waals surface area contributed by atoms with Gasteiger partial charge in [-0.15, -0.1) is 0 Å². The summed E-state index contributed by atoms with van der Waals surface area (Å²) in [7, 11) is 0. The van der Waals surface area contributed by atoms with Gasteiger partial charge in [0.2, 0.25) is 0 Å². The molecule has 1 aromatic carbocycles. The highest BCUT2D eigenvalue weighted by molar-refractivity contribution is 6.34. The predicted octanol–water partition coefficient (Wildman–Crippen LogP) is 3.20. The Kier molecular flexibility index (Phi) is 4.18. The number of nitrogens with zero attached hydrogens (tertiary/aromatic N) is 5. The molecular weight excluding hydrogens is 388 g/mol. The van der Waals surface area contributed by atoms with Crippen molar-refractivity contribution >= 4 is 28.4 Å². The minimum atomic E-state index is -0.214. The van der Waals surface area contributed by atoms with Crippen molar-refractivity contribution in [3.8, 4) is 12.0 Å². The summed E-state index contributed by atoms with van der Waals surface area (Å²) in [5, 5.41) is 18.0. The second-order valence-electron chi connectivity index (χ2n) is 7.71. The van der Waals surface area contributed by atoms with Crippen molar-refractivity contribution in [2.24, 2.45) is 0 Å². The zero-order chi connectivity index (χ0) is 20.1. The maximum Gasteiger partial charge on any atom is 0.253 e. The van der Waals surface area contributed by atoms with E-state index in [0.29, 0.717) is 16.4 Å². The normalized spacial score (nSPS) is 22.8. The van der Waals surface area contributed by atoms with Crippen LogP contribution in [0.1, 0.15) is 35.3 Å². The van der Waals surface area contributed by atoms with E-state index in [9.17, 15) is 10.1 Å². The predicted molar refractivity (Wildman–Crippen MR) is 109 cm³/mol. The van der Waals surface area contributed by atoms with Crippen LogP contribution >= 0.6 is 11.6 Å². The number of nitriles is 1. The fourth-order valence-electron chi connectivity index (χ4n) is 4.60. The monoisotopic (exact) mass is 406 g/mol. The molecule has 1 N–H and O–H groups in total. The van der Waals surface area contributed by atoms with Crippen molar-refractivity contribution in [1.82, 2.24) is 25.0 Å². The van der Waals surface area contributed by atoms with Gasteiger partial charge in [-0.1, -0.05) is 17.7 Å². The van der Waals surface area contributed by atoms with Gasteiger partial charge in [0.15, 0.2) is 12.0 Å². The second kappa shape index (κ2) is 6.75. The number of nitrogens with one attached hydrogen (secondary N) is 1. The van der Waals surface area contributed by atoms with Gasteiger partial charge in [0.1, 0.15) is 0 Å². The van der Waals surface area contributed by atoms with Crippen molar-refractivity contribution in [3.05, 3.63) is 52.8 Å². The maximum atomic E-state index is 12.9. The van der Waals surface area contributed by atoms with E-state index in [1.54, 1.807) is 23.0 Å². The summed E-state index contributed by atoms with van der Waals surface area (Å²) in [6, 6.07) is 9.56. The third-order valence-corrected chi connectivity index (χ3v) is 6.27. The molecule has 2 fully saturated rings. The minimum Gasteiger partial charge on any atom is -0.347 e. The molecule has 2 aromatic heterocycles. The molecule has 2 aliphatic heterocycles. The molecule has 146 valence electrons. The average molecular weight is 407 g/mol. The third kappa shape index (κ3) is 2.91. The molecule has 7 nitrogen and oxygen atoms in total. The van der Waals surface area contributed by atoms with Crippen molar-refractivity contribution in [2.75, 3.05) is 0 Å². The van der Waals surface area contributed by atoms with Crippen LogP contribution in [-0.4, -0.2) is 43.7 Å². The molecule has 29 heavy (non-hydrogen) atoms. The number of aryl methyl sites for hydroxylation is 1. The number of aromatic nitrogens is 3. The zero-order valence-electron chi connectivity index (χ0n) is 15.8. The number of amides is 1. The van der Waals surface area contributed by atoms with E-state index in [2.05, 4.69) is 21.6 Å². The van der Waals surface area contributed by atoms with Gasteiger partial charge in [-0.25, -0.2) is 9.67 Å². The highest BCUT2D eigenvalue weighted by atomic mass is 35.5. The summed E-state index contributed by atoms with van der Waals surface area (Å²) in [6.45, 7) is 1.92. The molecule has 3 aromatic rings. The summed E-state index contributed by atoms with van der Waals surface area (Å²) in [4.78, 5) is 19.3. The van der Waals surface area contributed by atoms with Crippen LogP contribution in [0, 0.1) is 18.4 Å². The highest BCUT2D eigenvalue weighted by Crippen LogP contribution is 2.37. The Morgan fingerprint density at radius 3 is 2.97 bits per heavy atom. The number of halogens is 1. The first-order valence-electron chi connectivity index (χ1n) is 9.65. The Bertz CT molecular complexity index is 1170. The molecule has 1 amide bonds. The smallest absolute Gasteiger partial charge is 0.253 e. The number of carbonyl (C=O) groups is 1. The van der Waals surface area contributed by atoms with Gasteiger partial charge in [-0.05, 0) is 50.5 Å². The summed E-state index contributed by atoms with van der Waals surface area (Å²) in [5.74, 6) is 0.487. The molecule has 0 saturated carbocycles. The SMILES string of the molecule is Cc1cccc(-n2ncc3cc(C(=O)N[C@@H]4C[C@@H]5CC[C@H]4N5C#N)c(Cl)cc32)n1. The van der Waals surface area contributed by atoms with Crippen LogP contribution in [0.25, 0.3) is 16.7 Å². The molecule has 2 bridgehead atoms. The van der Waals surface area contributed by atoms with E-state index < -0.39 is 0 Å². The molecule has 0 aliphatic carbocycles. The molecule has 2 aliphatic rings. The van der Waals surface area contributed by atoms with E-state index in [1.165, 1.54) is 0 Å². The Morgan fingerprint density at radius 1 is 1.34 bits per heavy atom. The van der Waals surface area contributed by atoms with E-state index in [4.69, 9.17) is 11.6 Å². The molecular formula is C21H19ClN6O. The number of pyridine rings is 1. The van der Waals surface area contributed by atoms with Gasteiger partial charge in [0, 0.05) is 17.1 Å². The Hall–Kier alpha value is -3.11. The lowest BCUT2D eigenvalue weighted by Gasteiger charge is -2.22. The first-order chi connectivity index (χ1) is 14.0. The van der Waals surface area contributed by atoms with Crippen LogP contribution in [-0.2, 0) is 0 Å². The summed E-state index contributed by atoms with van der Waals surface area (Å²) in [5.41, 5.74) is 2.10. The fourth-order valence-corrected chi connectivity index (χ4v) is 4.84. The van der Waals surface area contributed by atoms with Crippen LogP contribution in [0.3, 0.4) is 0 Å². The summed E-state index contributed by atoms with van der Waals surface area (Å²) >= 11 is 6.48. The van der Waals surface area contributed by atoms with Gasteiger partial charge < -0.3 is 10.2 Å². The average Bonchev–Trinajstić information content (AvgIpc) is 3.38.